The van der Waals surface area contributed by atoms with E-state index < -0.39 is 24.8 Å². The summed E-state index contributed by atoms with van der Waals surface area (Å²) in [5.74, 6) is 0. The molecule has 0 aromatic heterocycles. The number of hydrogen-bond acceptors (Lipinski definition) is 9. The Hall–Kier alpha value is 0.592. The van der Waals surface area contributed by atoms with Gasteiger partial charge >= 0.3 is 42.1 Å². The van der Waals surface area contributed by atoms with Crippen molar-refractivity contribution in [1.29, 1.82) is 0 Å². The Morgan fingerprint density at radius 2 is 0.449 bits per heavy atom. The van der Waals surface area contributed by atoms with Gasteiger partial charge in [-0.3, -0.25) is 0 Å². The number of unbranched alkanes of at least 4 members (excludes halogenated alkanes) is 27. The Labute approximate surface area is 316 Å². The first-order valence-electron chi connectivity index (χ1n) is 19.6. The molecule has 0 saturated carbocycles. The molecule has 0 aliphatic carbocycles. The van der Waals surface area contributed by atoms with Crippen molar-refractivity contribution in [2.45, 2.75) is 213 Å². The number of hydrogen-bond donors (Lipinski definition) is 0. The summed E-state index contributed by atoms with van der Waals surface area (Å²) >= 11 is 0. The fraction of sp³-hybridized carbons (Fsp3) is 1.00. The van der Waals surface area contributed by atoms with Crippen molar-refractivity contribution in [2.24, 2.45) is 0 Å². The third kappa shape index (κ3) is 67.3. The molecule has 0 aliphatic rings. The third-order valence-corrected chi connectivity index (χ3v) is 9.26. The first-order chi connectivity index (χ1) is 23.3. The molecule has 0 aromatic carbocycles. The van der Waals surface area contributed by atoms with Crippen LogP contribution in [0.25, 0.3) is 0 Å². The van der Waals surface area contributed by atoms with Gasteiger partial charge in [0.2, 0.25) is 0 Å². The molecule has 0 aromatic rings. The smallest absolute Gasteiger partial charge is 0.566 e. The Bertz CT molecular complexity index is 580. The van der Waals surface area contributed by atoms with Crippen molar-refractivity contribution in [2.75, 3.05) is 19.8 Å². The van der Waals surface area contributed by atoms with Crippen molar-refractivity contribution >= 4 is 24.8 Å². The molecule has 49 heavy (non-hydrogen) atoms. The zero-order valence-electron chi connectivity index (χ0n) is 31.8. The zero-order chi connectivity index (χ0) is 36.2. The van der Waals surface area contributed by atoms with Crippen LogP contribution in [0, 0.1) is 0 Å². The maximum Gasteiger partial charge on any atom is 3.00 e. The summed E-state index contributed by atoms with van der Waals surface area (Å²) in [6.45, 7) is 7.77. The molecule has 0 heterocycles. The first-order valence-corrected chi connectivity index (χ1v) is 22.9. The summed E-state index contributed by atoms with van der Waals surface area (Å²) in [4.78, 5) is 30.2. The molecular weight excluding hydrogens is 721 g/mol. The predicted octanol–water partition coefficient (Wildman–Crippen LogP) is 11.8. The SMILES string of the molecule is CCCCCCCCCCCCO[P+](=O)[O-].CCCCCCCCCCCCO[P+](=O)[O-].CCCCCCCCCCCCO[P+](=O)[O-].[Cr+3]. The van der Waals surface area contributed by atoms with E-state index in [0.717, 1.165) is 38.5 Å². The van der Waals surface area contributed by atoms with Crippen molar-refractivity contribution in [3.05, 3.63) is 0 Å². The van der Waals surface area contributed by atoms with Crippen LogP contribution in [0.5, 0.6) is 0 Å². The van der Waals surface area contributed by atoms with Crippen molar-refractivity contribution in [3.8, 4) is 0 Å². The van der Waals surface area contributed by atoms with Crippen LogP contribution in [0.15, 0.2) is 0 Å². The second kappa shape index (κ2) is 52.9. The van der Waals surface area contributed by atoms with Crippen LogP contribution in [0.4, 0.5) is 0 Å². The molecule has 0 N–H and O–H groups in total. The van der Waals surface area contributed by atoms with E-state index in [0.29, 0.717) is 19.8 Å². The van der Waals surface area contributed by atoms with Gasteiger partial charge in [0.15, 0.2) is 0 Å². The molecular formula is C36H75CrO9P3+3. The van der Waals surface area contributed by atoms with E-state index in [1.807, 2.05) is 0 Å². The van der Waals surface area contributed by atoms with Gasteiger partial charge in [0.1, 0.15) is 19.8 Å². The maximum absolute atomic E-state index is 10.1. The van der Waals surface area contributed by atoms with Gasteiger partial charge in [-0.1, -0.05) is 194 Å². The Kier molecular flexibility index (Phi) is 60.9. The molecule has 0 saturated heterocycles. The fourth-order valence-corrected chi connectivity index (χ4v) is 6.02. The number of rotatable bonds is 36. The summed E-state index contributed by atoms with van der Waals surface area (Å²) in [6, 6.07) is 0. The largest absolute Gasteiger partial charge is 3.00 e. The minimum atomic E-state index is -2.64. The minimum absolute atomic E-state index is 0. The molecule has 9 nitrogen and oxygen atoms in total. The molecule has 0 amide bonds. The van der Waals surface area contributed by atoms with E-state index in [9.17, 15) is 28.4 Å². The van der Waals surface area contributed by atoms with E-state index in [1.54, 1.807) is 0 Å². The van der Waals surface area contributed by atoms with E-state index in [-0.39, 0.29) is 17.4 Å². The normalized spacial score (nSPS) is 11.5. The van der Waals surface area contributed by atoms with Gasteiger partial charge in [-0.05, 0) is 33.0 Å². The second-order valence-corrected chi connectivity index (χ2v) is 14.8. The zero-order valence-corrected chi connectivity index (χ0v) is 35.7. The van der Waals surface area contributed by atoms with Gasteiger partial charge in [0.05, 0.1) is 0 Å². The standard InChI is InChI=1S/3C12H25O3P.Cr/c3*1-2-3-4-5-6-7-8-9-10-11-12-15-16(13)14;/h3*2-12H2,1H3;/q;;;+3. The van der Waals surface area contributed by atoms with E-state index >= 15 is 0 Å². The summed E-state index contributed by atoms with van der Waals surface area (Å²) in [5, 5.41) is 0. The quantitative estimate of drug-likeness (QED) is 0.0446. The topological polar surface area (TPSA) is 148 Å². The van der Waals surface area contributed by atoms with Gasteiger partial charge in [-0.2, -0.15) is 0 Å². The van der Waals surface area contributed by atoms with Crippen LogP contribution < -0.4 is 14.7 Å². The maximum atomic E-state index is 10.1. The summed E-state index contributed by atoms with van der Waals surface area (Å²) in [7, 11) is -7.91. The molecule has 0 bridgehead atoms. The molecule has 0 rings (SSSR count). The molecule has 291 valence electrons. The summed E-state index contributed by atoms with van der Waals surface area (Å²) < 4.78 is 43.6. The fourth-order valence-electron chi connectivity index (χ4n) is 5.19. The summed E-state index contributed by atoms with van der Waals surface area (Å²) in [6.07, 6.45) is 37.5. The van der Waals surface area contributed by atoms with Gasteiger partial charge in [0, 0.05) is 0 Å². The van der Waals surface area contributed by atoms with E-state index in [4.69, 9.17) is 0 Å². The monoisotopic (exact) mass is 796 g/mol. The third-order valence-electron chi connectivity index (χ3n) is 8.08. The van der Waals surface area contributed by atoms with E-state index in [1.165, 1.54) is 154 Å². The van der Waals surface area contributed by atoms with Gasteiger partial charge in [0.25, 0.3) is 0 Å². The van der Waals surface area contributed by atoms with Gasteiger partial charge < -0.3 is 14.7 Å². The summed E-state index contributed by atoms with van der Waals surface area (Å²) in [5.41, 5.74) is 0. The van der Waals surface area contributed by atoms with Crippen molar-refractivity contribution < 1.29 is 59.3 Å². The van der Waals surface area contributed by atoms with Gasteiger partial charge in [-0.15, -0.1) is 13.6 Å². The molecule has 1 radical (unpaired) electrons. The molecule has 0 aliphatic heterocycles. The molecule has 0 fully saturated rings. The molecule has 0 spiro atoms. The van der Waals surface area contributed by atoms with Crippen LogP contribution in [0.3, 0.4) is 0 Å². The molecule has 13 heteroatoms. The molecule has 3 unspecified atom stereocenters. The Morgan fingerprint density at radius 3 is 0.592 bits per heavy atom. The second-order valence-electron chi connectivity index (χ2n) is 12.7. The minimum Gasteiger partial charge on any atom is -0.566 e. The van der Waals surface area contributed by atoms with Crippen LogP contribution >= 0.6 is 24.8 Å². The van der Waals surface area contributed by atoms with Crippen LogP contribution in [0.2, 0.25) is 0 Å². The molecule has 3 atom stereocenters. The predicted molar refractivity (Wildman–Crippen MR) is 196 cm³/mol. The van der Waals surface area contributed by atoms with Crippen LogP contribution in [-0.4, -0.2) is 19.8 Å². The average Bonchev–Trinajstić information content (AvgIpc) is 3.05. The van der Waals surface area contributed by atoms with Crippen LogP contribution in [-0.2, 0) is 44.6 Å². The Balaban J connectivity index is -0.000000307. The Morgan fingerprint density at radius 1 is 0.306 bits per heavy atom. The van der Waals surface area contributed by atoms with Crippen molar-refractivity contribution in [1.82, 2.24) is 0 Å². The first kappa shape index (κ1) is 56.3. The van der Waals surface area contributed by atoms with E-state index in [2.05, 4.69) is 34.3 Å². The van der Waals surface area contributed by atoms with Gasteiger partial charge in [-0.25, -0.2) is 0 Å². The van der Waals surface area contributed by atoms with Crippen molar-refractivity contribution in [3.63, 3.8) is 0 Å². The van der Waals surface area contributed by atoms with Crippen LogP contribution in [0.1, 0.15) is 213 Å². The average molecular weight is 797 g/mol.